The summed E-state index contributed by atoms with van der Waals surface area (Å²) in [6, 6.07) is 0. The summed E-state index contributed by atoms with van der Waals surface area (Å²) in [5, 5.41) is 9.83. The predicted octanol–water partition coefficient (Wildman–Crippen LogP) is 18.4. The highest BCUT2D eigenvalue weighted by molar-refractivity contribution is 7.47. The number of aliphatic hydroxyl groups is 1. The van der Waals surface area contributed by atoms with Gasteiger partial charge in [-0.2, -0.15) is 0 Å². The van der Waals surface area contributed by atoms with E-state index in [1.165, 1.54) is 57.8 Å². The van der Waals surface area contributed by atoms with Crippen LogP contribution in [-0.2, 0) is 42.2 Å². The fourth-order valence-corrected chi connectivity index (χ4v) is 8.63. The highest BCUT2D eigenvalue weighted by Crippen LogP contribution is 2.43. The molecule has 0 aliphatic rings. The maximum atomic E-state index is 12.9. The normalized spacial score (nSPS) is 14.2. The Morgan fingerprint density at radius 1 is 0.372 bits per heavy atom. The molecule has 0 amide bonds. The molecule has 0 rings (SSSR count). The number of aliphatic hydroxyl groups excluding tert-OH is 1. The van der Waals surface area contributed by atoms with Crippen molar-refractivity contribution in [3.8, 4) is 0 Å². The van der Waals surface area contributed by atoms with Gasteiger partial charge in [0.05, 0.1) is 19.8 Å². The quantitative estimate of drug-likeness (QED) is 0.0197. The minimum atomic E-state index is -4.78. The molecule has 2 N–H and O–H groups in total. The standard InChI is InChI=1S/C66H109O11P/c1-4-7-10-13-16-19-22-25-27-29-31-33-35-38-40-43-46-49-52-55-64(68)73-59-63(77-66(70)57-54-51-48-45-42-39-36-34-32-30-28-26-23-20-17-14-11-8-5-2)61-75-78(71,72)74-60-62(58-67)76-65(69)56-53-50-47-44-41-37-24-21-18-15-12-9-6-3/h7-8,10-11,16-17,19-20,25-28,31-34,38,40,46,49,62-63,67H,4-6,9,12-15,18,21-24,29-30,35-37,39,41-45,47-48,50-61H2,1-3H3,(H,71,72)/b10-7-,11-8-,19-16-,20-17-,27-25-,28-26-,33-31-,34-32-,40-38-,49-46-. The van der Waals surface area contributed by atoms with Crippen LogP contribution in [0.3, 0.4) is 0 Å². The van der Waals surface area contributed by atoms with E-state index in [9.17, 15) is 28.9 Å². The summed E-state index contributed by atoms with van der Waals surface area (Å²) >= 11 is 0. The Morgan fingerprint density at radius 3 is 1.08 bits per heavy atom. The number of carbonyl (C=O) groups is 3. The topological polar surface area (TPSA) is 155 Å². The average Bonchev–Trinajstić information content (AvgIpc) is 3.43. The van der Waals surface area contributed by atoms with Crippen LogP contribution in [0.5, 0.6) is 0 Å². The van der Waals surface area contributed by atoms with Crippen molar-refractivity contribution in [3.05, 3.63) is 122 Å². The molecule has 11 nitrogen and oxygen atoms in total. The number of esters is 3. The minimum absolute atomic E-state index is 0.0926. The van der Waals surface area contributed by atoms with Crippen LogP contribution in [-0.4, -0.2) is 66.5 Å². The largest absolute Gasteiger partial charge is 0.472 e. The van der Waals surface area contributed by atoms with Crippen LogP contribution < -0.4 is 0 Å². The Kier molecular flexibility index (Phi) is 55.9. The van der Waals surface area contributed by atoms with Gasteiger partial charge in [0.15, 0.2) is 6.10 Å². The maximum absolute atomic E-state index is 12.9. The van der Waals surface area contributed by atoms with Gasteiger partial charge >= 0.3 is 25.7 Å². The number of phosphoric acid groups is 1. The highest BCUT2D eigenvalue weighted by atomic mass is 31.2. The molecule has 0 aromatic carbocycles. The fourth-order valence-electron chi connectivity index (χ4n) is 7.84. The molecular weight excluding hydrogens is 1000 g/mol. The van der Waals surface area contributed by atoms with Crippen LogP contribution in [0, 0.1) is 0 Å². The molecule has 0 bridgehead atoms. The summed E-state index contributed by atoms with van der Waals surface area (Å²) in [4.78, 5) is 48.6. The minimum Gasteiger partial charge on any atom is -0.462 e. The molecule has 12 heteroatoms. The van der Waals surface area contributed by atoms with E-state index < -0.39 is 57.8 Å². The number of allylic oxidation sites excluding steroid dienone is 20. The number of carbonyl (C=O) groups excluding carboxylic acids is 3. The molecule has 78 heavy (non-hydrogen) atoms. The Balaban J connectivity index is 4.86. The first-order valence-corrected chi connectivity index (χ1v) is 31.9. The fraction of sp³-hybridized carbons (Fsp3) is 0.652. The molecule has 0 aromatic rings. The zero-order valence-corrected chi connectivity index (χ0v) is 50.0. The molecule has 0 heterocycles. The van der Waals surface area contributed by atoms with E-state index in [0.29, 0.717) is 19.3 Å². The summed E-state index contributed by atoms with van der Waals surface area (Å²) in [6.07, 6.45) is 73.1. The predicted molar refractivity (Wildman–Crippen MR) is 325 cm³/mol. The number of hydrogen-bond acceptors (Lipinski definition) is 10. The Morgan fingerprint density at radius 2 is 0.692 bits per heavy atom. The van der Waals surface area contributed by atoms with Crippen molar-refractivity contribution in [1.29, 1.82) is 0 Å². The van der Waals surface area contributed by atoms with Gasteiger partial charge in [-0.1, -0.05) is 245 Å². The van der Waals surface area contributed by atoms with Crippen molar-refractivity contribution in [2.24, 2.45) is 0 Å². The van der Waals surface area contributed by atoms with Crippen LogP contribution in [0.1, 0.15) is 239 Å². The lowest BCUT2D eigenvalue weighted by atomic mass is 10.0. The van der Waals surface area contributed by atoms with E-state index >= 15 is 0 Å². The first kappa shape index (κ1) is 73.9. The number of rotatable bonds is 55. The van der Waals surface area contributed by atoms with E-state index in [4.69, 9.17) is 23.3 Å². The second-order valence-corrected chi connectivity index (χ2v) is 21.2. The van der Waals surface area contributed by atoms with E-state index in [0.717, 1.165) is 122 Å². The second kappa shape index (κ2) is 59.0. The van der Waals surface area contributed by atoms with Gasteiger partial charge in [-0.05, 0) is 96.3 Å². The molecule has 0 fully saturated rings. The van der Waals surface area contributed by atoms with E-state index in [1.807, 2.05) is 12.2 Å². The third-order valence-corrected chi connectivity index (χ3v) is 13.3. The zero-order chi connectivity index (χ0) is 56.9. The van der Waals surface area contributed by atoms with Gasteiger partial charge in [0.1, 0.15) is 12.7 Å². The van der Waals surface area contributed by atoms with Crippen LogP contribution in [0.25, 0.3) is 0 Å². The van der Waals surface area contributed by atoms with Crippen molar-refractivity contribution < 1.29 is 52.2 Å². The van der Waals surface area contributed by atoms with Gasteiger partial charge in [0.2, 0.25) is 0 Å². The molecule has 0 saturated heterocycles. The van der Waals surface area contributed by atoms with E-state index in [-0.39, 0.29) is 25.9 Å². The Bertz CT molecular complexity index is 1770. The molecule has 0 aromatic heterocycles. The monoisotopic (exact) mass is 1110 g/mol. The summed E-state index contributed by atoms with van der Waals surface area (Å²) in [5.41, 5.74) is 0. The van der Waals surface area contributed by atoms with Crippen LogP contribution in [0.15, 0.2) is 122 Å². The van der Waals surface area contributed by atoms with Crippen molar-refractivity contribution in [3.63, 3.8) is 0 Å². The van der Waals surface area contributed by atoms with E-state index in [1.54, 1.807) is 0 Å². The number of phosphoric ester groups is 1. The second-order valence-electron chi connectivity index (χ2n) is 19.8. The molecule has 3 unspecified atom stereocenters. The van der Waals surface area contributed by atoms with E-state index in [2.05, 4.69) is 130 Å². The molecule has 444 valence electrons. The molecule has 0 spiro atoms. The zero-order valence-electron chi connectivity index (χ0n) is 49.1. The molecule has 0 radical (unpaired) electrons. The SMILES string of the molecule is CC/C=C\C/C=C\C/C=C\C/C=C\C/C=C\C/C=C\CCC(=O)OCC(COP(=O)(O)OCC(CO)OC(=O)CCCCCCCCCCCCCCC)OC(=O)CCCCCCCC/C=C\C/C=C\C/C=C\C/C=C\CC. The summed E-state index contributed by atoms with van der Waals surface area (Å²) in [5.74, 6) is -1.59. The first-order chi connectivity index (χ1) is 38.2. The van der Waals surface area contributed by atoms with Gasteiger partial charge in [-0.3, -0.25) is 23.4 Å². The van der Waals surface area contributed by atoms with Gasteiger partial charge < -0.3 is 24.2 Å². The Labute approximate surface area is 475 Å². The average molecular weight is 1110 g/mol. The molecule has 0 aliphatic heterocycles. The summed E-state index contributed by atoms with van der Waals surface area (Å²) in [6.45, 7) is 4.32. The van der Waals surface area contributed by atoms with Gasteiger partial charge in [0.25, 0.3) is 0 Å². The van der Waals surface area contributed by atoms with Gasteiger partial charge in [-0.15, -0.1) is 0 Å². The molecule has 0 aliphatic carbocycles. The lowest BCUT2D eigenvalue weighted by molar-refractivity contribution is -0.161. The third kappa shape index (κ3) is 56.6. The number of hydrogen-bond donors (Lipinski definition) is 2. The van der Waals surface area contributed by atoms with Crippen molar-refractivity contribution in [2.75, 3.05) is 26.4 Å². The molecule has 0 saturated carbocycles. The summed E-state index contributed by atoms with van der Waals surface area (Å²) < 4.78 is 39.5. The van der Waals surface area contributed by atoms with Crippen LogP contribution >= 0.6 is 7.82 Å². The lowest BCUT2D eigenvalue weighted by Gasteiger charge is -2.21. The van der Waals surface area contributed by atoms with Crippen molar-refractivity contribution in [1.82, 2.24) is 0 Å². The number of unbranched alkanes of at least 4 members (excludes halogenated alkanes) is 18. The Hall–Kier alpha value is -4.12. The smallest absolute Gasteiger partial charge is 0.462 e. The van der Waals surface area contributed by atoms with Gasteiger partial charge in [0, 0.05) is 19.3 Å². The maximum Gasteiger partial charge on any atom is 0.472 e. The number of ether oxygens (including phenoxy) is 3. The van der Waals surface area contributed by atoms with Crippen molar-refractivity contribution in [2.45, 2.75) is 251 Å². The lowest BCUT2D eigenvalue weighted by Crippen LogP contribution is -2.30. The van der Waals surface area contributed by atoms with Crippen molar-refractivity contribution >= 4 is 25.7 Å². The van der Waals surface area contributed by atoms with Crippen LogP contribution in [0.2, 0.25) is 0 Å². The van der Waals surface area contributed by atoms with Crippen LogP contribution in [0.4, 0.5) is 0 Å². The van der Waals surface area contributed by atoms with Gasteiger partial charge in [-0.25, -0.2) is 4.57 Å². The third-order valence-electron chi connectivity index (χ3n) is 12.4. The summed E-state index contributed by atoms with van der Waals surface area (Å²) in [7, 11) is -4.78. The molecule has 3 atom stereocenters. The molecular formula is C66H109O11P. The highest BCUT2D eigenvalue weighted by Gasteiger charge is 2.28. The first-order valence-electron chi connectivity index (χ1n) is 30.4.